The fourth-order valence-electron chi connectivity index (χ4n) is 1.88. The summed E-state index contributed by atoms with van der Waals surface area (Å²) >= 11 is 0. The Morgan fingerprint density at radius 2 is 2.00 bits per heavy atom. The third-order valence-corrected chi connectivity index (χ3v) is 2.89. The predicted molar refractivity (Wildman–Crippen MR) is 77.6 cm³/mol. The van der Waals surface area contributed by atoms with Crippen LogP contribution in [0, 0.1) is 0 Å². The summed E-state index contributed by atoms with van der Waals surface area (Å²) in [6.45, 7) is 3.91. The molecule has 0 radical (unpaired) electrons. The van der Waals surface area contributed by atoms with E-state index >= 15 is 0 Å². The van der Waals surface area contributed by atoms with Gasteiger partial charge in [0.25, 0.3) is 0 Å². The van der Waals surface area contributed by atoms with Crippen molar-refractivity contribution in [2.24, 2.45) is 4.99 Å². The summed E-state index contributed by atoms with van der Waals surface area (Å²) in [6, 6.07) is 13.7. The highest BCUT2D eigenvalue weighted by molar-refractivity contribution is 6.00. The largest absolute Gasteiger partial charge is 0.464 e. The smallest absolute Gasteiger partial charge is 0.330 e. The summed E-state index contributed by atoms with van der Waals surface area (Å²) < 4.78 is 4.93. The minimum absolute atomic E-state index is 0.293. The van der Waals surface area contributed by atoms with E-state index in [1.807, 2.05) is 30.3 Å². The number of aliphatic imine (C=N–C) groups is 1. The molecule has 0 saturated heterocycles. The van der Waals surface area contributed by atoms with Gasteiger partial charge in [0.15, 0.2) is 0 Å². The molecule has 98 valence electrons. The van der Waals surface area contributed by atoms with E-state index in [0.717, 1.165) is 16.3 Å². The second-order valence-corrected chi connectivity index (χ2v) is 4.27. The molecular formula is C16H17NO2. The molecule has 0 aliphatic heterocycles. The number of nitrogens with zero attached hydrogens (tertiary/aromatic N) is 1. The lowest BCUT2D eigenvalue weighted by Crippen LogP contribution is -2.18. The molecule has 1 unspecified atom stereocenters. The van der Waals surface area contributed by atoms with Crippen LogP contribution in [0.5, 0.6) is 0 Å². The molecule has 0 amide bonds. The number of esters is 1. The zero-order valence-electron chi connectivity index (χ0n) is 11.2. The maximum absolute atomic E-state index is 11.5. The van der Waals surface area contributed by atoms with E-state index in [0.29, 0.717) is 6.61 Å². The summed E-state index contributed by atoms with van der Waals surface area (Å²) in [5, 5.41) is 2.29. The highest BCUT2D eigenvalue weighted by Crippen LogP contribution is 2.17. The molecule has 2 aromatic carbocycles. The van der Waals surface area contributed by atoms with Gasteiger partial charge < -0.3 is 4.74 Å². The molecule has 3 heteroatoms. The summed E-state index contributed by atoms with van der Waals surface area (Å²) in [7, 11) is 0. The topological polar surface area (TPSA) is 38.7 Å². The van der Waals surface area contributed by atoms with Crippen molar-refractivity contribution in [1.82, 2.24) is 0 Å². The van der Waals surface area contributed by atoms with Crippen molar-refractivity contribution < 1.29 is 9.53 Å². The Balaban J connectivity index is 2.24. The van der Waals surface area contributed by atoms with Crippen molar-refractivity contribution in [2.45, 2.75) is 19.9 Å². The lowest BCUT2D eigenvalue weighted by Gasteiger charge is -2.06. The molecular weight excluding hydrogens is 238 g/mol. The molecule has 0 N–H and O–H groups in total. The van der Waals surface area contributed by atoms with E-state index in [1.165, 1.54) is 0 Å². The third kappa shape index (κ3) is 3.19. The van der Waals surface area contributed by atoms with Crippen LogP contribution in [0.3, 0.4) is 0 Å². The van der Waals surface area contributed by atoms with Crippen LogP contribution >= 0.6 is 0 Å². The lowest BCUT2D eigenvalue weighted by atomic mass is 10.1. The van der Waals surface area contributed by atoms with Crippen molar-refractivity contribution in [2.75, 3.05) is 6.61 Å². The molecule has 0 aromatic heterocycles. The Kier molecular flexibility index (Phi) is 4.29. The molecule has 0 aliphatic carbocycles. The van der Waals surface area contributed by atoms with Gasteiger partial charge in [0, 0.05) is 11.8 Å². The Hall–Kier alpha value is -2.16. The van der Waals surface area contributed by atoms with E-state index in [-0.39, 0.29) is 5.97 Å². The van der Waals surface area contributed by atoms with Gasteiger partial charge in [-0.3, -0.25) is 4.99 Å². The summed E-state index contributed by atoms with van der Waals surface area (Å²) in [5.41, 5.74) is 1.01. The molecule has 2 rings (SSSR count). The van der Waals surface area contributed by atoms with Gasteiger partial charge >= 0.3 is 5.97 Å². The highest BCUT2D eigenvalue weighted by atomic mass is 16.5. The Morgan fingerprint density at radius 1 is 1.26 bits per heavy atom. The average molecular weight is 255 g/mol. The Morgan fingerprint density at radius 3 is 2.79 bits per heavy atom. The van der Waals surface area contributed by atoms with E-state index < -0.39 is 6.04 Å². The highest BCUT2D eigenvalue weighted by Gasteiger charge is 2.10. The van der Waals surface area contributed by atoms with Crippen LogP contribution in [-0.2, 0) is 9.53 Å². The monoisotopic (exact) mass is 255 g/mol. The van der Waals surface area contributed by atoms with Crippen LogP contribution in [0.2, 0.25) is 0 Å². The van der Waals surface area contributed by atoms with E-state index in [4.69, 9.17) is 4.74 Å². The molecule has 0 heterocycles. The van der Waals surface area contributed by atoms with Crippen molar-refractivity contribution >= 4 is 23.0 Å². The van der Waals surface area contributed by atoms with Gasteiger partial charge in [-0.1, -0.05) is 42.5 Å². The van der Waals surface area contributed by atoms with E-state index in [1.54, 1.807) is 20.1 Å². The predicted octanol–water partition coefficient (Wildman–Crippen LogP) is 3.21. The van der Waals surface area contributed by atoms with Gasteiger partial charge in [0.05, 0.1) is 6.61 Å². The minimum atomic E-state index is -0.473. The van der Waals surface area contributed by atoms with Crippen molar-refractivity contribution in [3.63, 3.8) is 0 Å². The number of ether oxygens (including phenoxy) is 1. The van der Waals surface area contributed by atoms with Crippen LogP contribution in [0.4, 0.5) is 0 Å². The van der Waals surface area contributed by atoms with Gasteiger partial charge in [0.1, 0.15) is 6.04 Å². The summed E-state index contributed by atoms with van der Waals surface area (Å²) in [5.74, 6) is -0.293. The van der Waals surface area contributed by atoms with Crippen LogP contribution in [0.15, 0.2) is 47.5 Å². The SMILES string of the molecule is CCOC(=O)C(C)N=Cc1cccc2ccccc12. The maximum Gasteiger partial charge on any atom is 0.330 e. The Bertz CT molecular complexity index is 599. The molecule has 19 heavy (non-hydrogen) atoms. The molecule has 3 nitrogen and oxygen atoms in total. The second-order valence-electron chi connectivity index (χ2n) is 4.27. The van der Waals surface area contributed by atoms with Crippen LogP contribution in [-0.4, -0.2) is 24.8 Å². The van der Waals surface area contributed by atoms with Crippen molar-refractivity contribution in [1.29, 1.82) is 0 Å². The molecule has 0 saturated carbocycles. The standard InChI is InChI=1S/C16H17NO2/c1-3-19-16(18)12(2)17-11-14-9-6-8-13-7-4-5-10-15(13)14/h4-12H,3H2,1-2H3. The fraction of sp³-hybridized carbons (Fsp3) is 0.250. The molecule has 2 aromatic rings. The van der Waals surface area contributed by atoms with Gasteiger partial charge in [0.2, 0.25) is 0 Å². The average Bonchev–Trinajstić information content (AvgIpc) is 2.45. The first-order valence-corrected chi connectivity index (χ1v) is 6.40. The van der Waals surface area contributed by atoms with E-state index in [9.17, 15) is 4.79 Å². The summed E-state index contributed by atoms with van der Waals surface area (Å²) in [6.07, 6.45) is 1.74. The van der Waals surface area contributed by atoms with Gasteiger partial charge in [-0.2, -0.15) is 0 Å². The number of carbonyl (C=O) groups is 1. The molecule has 0 bridgehead atoms. The molecule has 0 spiro atoms. The van der Waals surface area contributed by atoms with Crippen molar-refractivity contribution in [3.05, 3.63) is 48.0 Å². The lowest BCUT2D eigenvalue weighted by molar-refractivity contribution is -0.144. The Labute approximate surface area is 112 Å². The first-order chi connectivity index (χ1) is 9.22. The van der Waals surface area contributed by atoms with E-state index in [2.05, 4.69) is 17.1 Å². The molecule has 0 aliphatic rings. The number of carbonyl (C=O) groups excluding carboxylic acids is 1. The molecule has 1 atom stereocenters. The normalized spacial score (nSPS) is 12.7. The summed E-state index contributed by atoms with van der Waals surface area (Å²) in [4.78, 5) is 15.8. The maximum atomic E-state index is 11.5. The number of benzene rings is 2. The quantitative estimate of drug-likeness (QED) is 0.621. The third-order valence-electron chi connectivity index (χ3n) is 2.89. The fourth-order valence-corrected chi connectivity index (χ4v) is 1.88. The van der Waals surface area contributed by atoms with Gasteiger partial charge in [-0.05, 0) is 24.6 Å². The van der Waals surface area contributed by atoms with Crippen LogP contribution in [0.1, 0.15) is 19.4 Å². The van der Waals surface area contributed by atoms with Gasteiger partial charge in [-0.25, -0.2) is 4.79 Å². The zero-order valence-corrected chi connectivity index (χ0v) is 11.2. The number of rotatable bonds is 4. The number of hydrogen-bond donors (Lipinski definition) is 0. The number of fused-ring (bicyclic) bond motifs is 1. The zero-order chi connectivity index (χ0) is 13.7. The van der Waals surface area contributed by atoms with Gasteiger partial charge in [-0.15, -0.1) is 0 Å². The van der Waals surface area contributed by atoms with Crippen LogP contribution < -0.4 is 0 Å². The second kappa shape index (κ2) is 6.14. The first-order valence-electron chi connectivity index (χ1n) is 6.40. The first kappa shape index (κ1) is 13.3. The minimum Gasteiger partial charge on any atom is -0.464 e. The van der Waals surface area contributed by atoms with Crippen LogP contribution in [0.25, 0.3) is 10.8 Å². The number of hydrogen-bond acceptors (Lipinski definition) is 3. The molecule has 0 fully saturated rings. The van der Waals surface area contributed by atoms with Crippen molar-refractivity contribution in [3.8, 4) is 0 Å².